The highest BCUT2D eigenvalue weighted by Gasteiger charge is 2.47. The first kappa shape index (κ1) is 34.5. The van der Waals surface area contributed by atoms with Crippen LogP contribution in [-0.2, 0) is 11.8 Å². The molecule has 0 bridgehead atoms. The minimum Gasteiger partial charge on any atom is -0.289 e. The zero-order chi connectivity index (χ0) is 38.1. The van der Waals surface area contributed by atoms with E-state index in [0.717, 1.165) is 44.5 Å². The molecule has 1 aliphatic carbocycles. The van der Waals surface area contributed by atoms with Crippen LogP contribution in [0, 0.1) is 0 Å². The molecule has 9 rings (SSSR count). The first-order chi connectivity index (χ1) is 27.5. The Morgan fingerprint density at radius 2 is 0.679 bits per heavy atom. The zero-order valence-corrected chi connectivity index (χ0v) is 30.6. The maximum absolute atomic E-state index is 14.5. The molecule has 1 aliphatic rings. The molecule has 8 aromatic rings. The van der Waals surface area contributed by atoms with Crippen molar-refractivity contribution in [3.63, 3.8) is 0 Å². The zero-order valence-electron chi connectivity index (χ0n) is 30.6. The Bertz CT molecular complexity index is 2640. The highest BCUT2D eigenvalue weighted by atomic mass is 16.1. The third-order valence-corrected chi connectivity index (χ3v) is 10.9. The van der Waals surface area contributed by atoms with Crippen molar-refractivity contribution in [3.05, 3.63) is 273 Å². The number of ketones is 3. The molecular formula is C53H36O3. The lowest BCUT2D eigenvalue weighted by Gasteiger charge is -2.35. The highest BCUT2D eigenvalue weighted by molar-refractivity contribution is 6.14. The lowest BCUT2D eigenvalue weighted by Crippen LogP contribution is -2.30. The van der Waals surface area contributed by atoms with Gasteiger partial charge in [0.05, 0.1) is 5.41 Å². The van der Waals surface area contributed by atoms with Gasteiger partial charge < -0.3 is 0 Å². The minimum atomic E-state index is -1.01. The summed E-state index contributed by atoms with van der Waals surface area (Å²) in [6.07, 6.45) is 0.605. The molecule has 3 heteroatoms. The Kier molecular flexibility index (Phi) is 8.97. The van der Waals surface area contributed by atoms with E-state index in [1.807, 2.05) is 133 Å². The number of carbonyl (C=O) groups is 3. The van der Waals surface area contributed by atoms with Crippen molar-refractivity contribution in [1.82, 2.24) is 0 Å². The third kappa shape index (κ3) is 6.10. The molecule has 3 nitrogen and oxygen atoms in total. The van der Waals surface area contributed by atoms with Gasteiger partial charge in [-0.05, 0) is 81.3 Å². The summed E-state index contributed by atoms with van der Waals surface area (Å²) in [6.45, 7) is 0. The van der Waals surface area contributed by atoms with E-state index < -0.39 is 5.41 Å². The lowest BCUT2D eigenvalue weighted by molar-refractivity contribution is 0.102. The molecule has 56 heavy (non-hydrogen) atoms. The van der Waals surface area contributed by atoms with Gasteiger partial charge in [-0.1, -0.05) is 176 Å². The average molecular weight is 721 g/mol. The molecule has 0 radical (unpaired) electrons. The van der Waals surface area contributed by atoms with Gasteiger partial charge in [-0.2, -0.15) is 0 Å². The number of hydrogen-bond acceptors (Lipinski definition) is 3. The lowest BCUT2D eigenvalue weighted by atomic mass is 9.66. The van der Waals surface area contributed by atoms with Crippen LogP contribution in [0.5, 0.6) is 0 Å². The van der Waals surface area contributed by atoms with E-state index in [4.69, 9.17) is 0 Å². The molecule has 0 amide bonds. The average Bonchev–Trinajstić information content (AvgIpc) is 3.58. The van der Waals surface area contributed by atoms with Crippen molar-refractivity contribution in [1.29, 1.82) is 0 Å². The van der Waals surface area contributed by atoms with E-state index >= 15 is 0 Å². The second-order valence-corrected chi connectivity index (χ2v) is 14.3. The van der Waals surface area contributed by atoms with Crippen LogP contribution in [0.1, 0.15) is 81.1 Å². The molecule has 0 fully saturated rings. The maximum atomic E-state index is 14.5. The van der Waals surface area contributed by atoms with Crippen molar-refractivity contribution in [2.24, 2.45) is 0 Å². The van der Waals surface area contributed by atoms with E-state index in [1.165, 1.54) is 0 Å². The number of carbonyl (C=O) groups excluding carboxylic acids is 3. The maximum Gasteiger partial charge on any atom is 0.193 e. The molecule has 0 N–H and O–H groups in total. The molecule has 0 aliphatic heterocycles. The summed E-state index contributed by atoms with van der Waals surface area (Å²) in [7, 11) is 0. The molecule has 0 unspecified atom stereocenters. The molecule has 8 aromatic carbocycles. The standard InChI is InChI=1S/C53H36O3/c54-50(38-19-7-2-8-20-38)41-30-37(29-36-17-5-1-6-18-36)31-44(33-41)53(48-27-15-13-25-46(48)47-26-14-16-28-49(47)53)45-34-42(51(55)39-21-9-3-10-22-39)32-43(35-45)52(56)40-23-11-4-12-24-40/h1-28,30-35H,29H2. The Morgan fingerprint density at radius 1 is 0.321 bits per heavy atom. The van der Waals surface area contributed by atoms with Gasteiger partial charge in [-0.25, -0.2) is 0 Å². The fraction of sp³-hybridized carbons (Fsp3) is 0.0377. The first-order valence-corrected chi connectivity index (χ1v) is 18.8. The van der Waals surface area contributed by atoms with Crippen LogP contribution in [0.15, 0.2) is 206 Å². The smallest absolute Gasteiger partial charge is 0.193 e. The van der Waals surface area contributed by atoms with Crippen LogP contribution in [0.3, 0.4) is 0 Å². The van der Waals surface area contributed by atoms with E-state index in [9.17, 15) is 14.4 Å². The van der Waals surface area contributed by atoms with Crippen molar-refractivity contribution in [3.8, 4) is 11.1 Å². The third-order valence-electron chi connectivity index (χ3n) is 10.9. The molecule has 0 saturated carbocycles. The quantitative estimate of drug-likeness (QED) is 0.132. The molecule has 0 spiro atoms. The molecule has 0 heterocycles. The van der Waals surface area contributed by atoms with E-state index in [1.54, 1.807) is 30.3 Å². The normalized spacial score (nSPS) is 12.4. The van der Waals surface area contributed by atoms with Gasteiger partial charge in [0.25, 0.3) is 0 Å². The molecular weight excluding hydrogens is 685 g/mol. The second-order valence-electron chi connectivity index (χ2n) is 14.3. The Balaban J connectivity index is 1.37. The first-order valence-electron chi connectivity index (χ1n) is 18.8. The van der Waals surface area contributed by atoms with Gasteiger partial charge in [0.1, 0.15) is 0 Å². The number of fused-ring (bicyclic) bond motifs is 3. The number of rotatable bonds is 10. The van der Waals surface area contributed by atoms with Crippen LogP contribution in [-0.4, -0.2) is 17.3 Å². The van der Waals surface area contributed by atoms with Crippen molar-refractivity contribution in [2.75, 3.05) is 0 Å². The van der Waals surface area contributed by atoms with Crippen LogP contribution in [0.4, 0.5) is 0 Å². The fourth-order valence-corrected chi connectivity index (χ4v) is 8.37. The van der Waals surface area contributed by atoms with Crippen LogP contribution < -0.4 is 0 Å². The number of hydrogen-bond donors (Lipinski definition) is 0. The predicted octanol–water partition coefficient (Wildman–Crippen LogP) is 11.3. The Labute approximate surface area is 326 Å². The summed E-state index contributed by atoms with van der Waals surface area (Å²) >= 11 is 0. The fourth-order valence-electron chi connectivity index (χ4n) is 8.37. The van der Waals surface area contributed by atoms with Gasteiger partial charge in [0.15, 0.2) is 17.3 Å². The second kappa shape index (κ2) is 14.5. The topological polar surface area (TPSA) is 51.2 Å². The monoisotopic (exact) mass is 720 g/mol. The van der Waals surface area contributed by atoms with E-state index in [0.29, 0.717) is 39.8 Å². The Hall–Kier alpha value is -7.23. The summed E-state index contributed by atoms with van der Waals surface area (Å²) in [5, 5.41) is 0. The largest absolute Gasteiger partial charge is 0.289 e. The van der Waals surface area contributed by atoms with Crippen molar-refractivity contribution < 1.29 is 14.4 Å². The minimum absolute atomic E-state index is 0.0792. The van der Waals surface area contributed by atoms with Gasteiger partial charge in [0, 0.05) is 33.4 Å². The molecule has 0 saturated heterocycles. The predicted molar refractivity (Wildman–Crippen MR) is 223 cm³/mol. The summed E-state index contributed by atoms with van der Waals surface area (Å²) in [5.41, 5.74) is 9.94. The number of benzene rings is 8. The Morgan fingerprint density at radius 3 is 1.12 bits per heavy atom. The summed E-state index contributed by atoms with van der Waals surface area (Å²) in [4.78, 5) is 43.4. The molecule has 266 valence electrons. The van der Waals surface area contributed by atoms with E-state index in [2.05, 4.69) is 42.5 Å². The summed E-state index contributed by atoms with van der Waals surface area (Å²) in [6, 6.07) is 66.6. The summed E-state index contributed by atoms with van der Waals surface area (Å²) in [5.74, 6) is -0.437. The van der Waals surface area contributed by atoms with Crippen LogP contribution in [0.2, 0.25) is 0 Å². The van der Waals surface area contributed by atoms with Crippen LogP contribution >= 0.6 is 0 Å². The SMILES string of the molecule is O=C(c1ccccc1)c1cc(Cc2ccccc2)cc(C2(c3cc(C(=O)c4ccccc4)cc(C(=O)c4ccccc4)c3)c3ccccc3-c3ccccc32)c1. The molecule has 0 atom stereocenters. The van der Waals surface area contributed by atoms with Gasteiger partial charge in [-0.3, -0.25) is 14.4 Å². The molecule has 0 aromatic heterocycles. The van der Waals surface area contributed by atoms with E-state index in [-0.39, 0.29) is 17.3 Å². The highest BCUT2D eigenvalue weighted by Crippen LogP contribution is 2.56. The van der Waals surface area contributed by atoms with Crippen LogP contribution in [0.25, 0.3) is 11.1 Å². The van der Waals surface area contributed by atoms with Gasteiger partial charge >= 0.3 is 0 Å². The van der Waals surface area contributed by atoms with Crippen molar-refractivity contribution in [2.45, 2.75) is 11.8 Å². The summed E-state index contributed by atoms with van der Waals surface area (Å²) < 4.78 is 0. The van der Waals surface area contributed by atoms with Gasteiger partial charge in [-0.15, -0.1) is 0 Å². The van der Waals surface area contributed by atoms with Gasteiger partial charge in [0.2, 0.25) is 0 Å². The van der Waals surface area contributed by atoms with Crippen molar-refractivity contribution >= 4 is 17.3 Å².